The molecule has 0 radical (unpaired) electrons. The number of aliphatic hydroxyl groups is 2. The molecule has 4 fully saturated rings. The second-order valence-electron chi connectivity index (χ2n) is 15.2. The summed E-state index contributed by atoms with van der Waals surface area (Å²) in [7, 11) is 0. The SMILES string of the molecule is C[C@]12[C@H](O)CC[C@@](C)(C3CCCCC3)[C@@H]1[C@H]1C[C@](C)(C#CCC3(CCCCC3)C(=O)O1)[C@]2(O)CCC1=CC(=O)OC1. The van der Waals surface area contributed by atoms with E-state index in [4.69, 9.17) is 9.47 Å². The first kappa shape index (κ1) is 29.2. The van der Waals surface area contributed by atoms with Gasteiger partial charge in [0.05, 0.1) is 22.5 Å². The Morgan fingerprint density at radius 1 is 0.976 bits per heavy atom. The lowest BCUT2D eigenvalue weighted by atomic mass is 9.37. The quantitative estimate of drug-likeness (QED) is 0.319. The lowest BCUT2D eigenvalue weighted by Gasteiger charge is -2.70. The zero-order chi connectivity index (χ0) is 29.1. The maximum atomic E-state index is 14.2. The summed E-state index contributed by atoms with van der Waals surface area (Å²) in [6, 6.07) is 0. The summed E-state index contributed by atoms with van der Waals surface area (Å²) < 4.78 is 11.9. The fraction of sp³-hybridized carbons (Fsp3) is 0.829. The molecule has 1 spiro atoms. The standard InChI is InChI=1S/C35H50O6/c1-31-15-10-18-34(16-8-5-9-17-34)30(38)41-26(22-31)29-32(2,25-11-6-4-7-12-25)19-14-27(36)33(29,3)35(31,39)20-13-24-21-28(37)40-23-24/h21,25-27,29,36,39H,4-9,11-14,16-20,22-23H2,1-3H3/t26-,27-,29+,31+,32+,33+,35-/m1/s1. The molecule has 4 saturated carbocycles. The van der Waals surface area contributed by atoms with E-state index in [1.165, 1.54) is 19.3 Å². The summed E-state index contributed by atoms with van der Waals surface area (Å²) in [4.78, 5) is 26.0. The van der Waals surface area contributed by atoms with Gasteiger partial charge in [-0.1, -0.05) is 58.3 Å². The zero-order valence-electron chi connectivity index (χ0n) is 25.4. The molecule has 226 valence electrons. The van der Waals surface area contributed by atoms with Gasteiger partial charge >= 0.3 is 11.9 Å². The van der Waals surface area contributed by atoms with Crippen LogP contribution in [0.1, 0.15) is 124 Å². The summed E-state index contributed by atoms with van der Waals surface area (Å²) in [6.07, 6.45) is 14.4. The van der Waals surface area contributed by atoms with E-state index in [9.17, 15) is 19.8 Å². The van der Waals surface area contributed by atoms with E-state index in [0.717, 1.165) is 56.9 Å². The van der Waals surface area contributed by atoms with Crippen LogP contribution in [0.25, 0.3) is 0 Å². The third-order valence-corrected chi connectivity index (χ3v) is 13.2. The van der Waals surface area contributed by atoms with Crippen molar-refractivity contribution in [2.24, 2.45) is 33.5 Å². The highest BCUT2D eigenvalue weighted by Gasteiger charge is 2.74. The first-order valence-electron chi connectivity index (χ1n) is 16.5. The molecule has 2 bridgehead atoms. The smallest absolute Gasteiger partial charge is 0.331 e. The van der Waals surface area contributed by atoms with Gasteiger partial charge in [0, 0.05) is 30.3 Å². The number of hydrogen-bond acceptors (Lipinski definition) is 6. The first-order valence-corrected chi connectivity index (χ1v) is 16.5. The second-order valence-corrected chi connectivity index (χ2v) is 15.2. The monoisotopic (exact) mass is 566 g/mol. The van der Waals surface area contributed by atoms with E-state index in [1.807, 2.05) is 6.92 Å². The molecule has 6 rings (SSSR count). The average Bonchev–Trinajstić information content (AvgIpc) is 3.39. The minimum Gasteiger partial charge on any atom is -0.462 e. The summed E-state index contributed by atoms with van der Waals surface area (Å²) in [6.45, 7) is 6.73. The maximum absolute atomic E-state index is 14.2. The number of hydrogen-bond donors (Lipinski definition) is 2. The molecule has 0 aromatic rings. The molecule has 0 unspecified atom stereocenters. The number of esters is 2. The minimum absolute atomic E-state index is 0.105. The van der Waals surface area contributed by atoms with Gasteiger partial charge in [-0.3, -0.25) is 4.79 Å². The van der Waals surface area contributed by atoms with E-state index < -0.39 is 34.1 Å². The topological polar surface area (TPSA) is 93.1 Å². The number of carbonyl (C=O) groups is 2. The van der Waals surface area contributed by atoms with Gasteiger partial charge in [0.15, 0.2) is 0 Å². The minimum atomic E-state index is -1.35. The van der Waals surface area contributed by atoms with E-state index >= 15 is 0 Å². The van der Waals surface area contributed by atoms with Crippen molar-refractivity contribution in [1.29, 1.82) is 0 Å². The Kier molecular flexibility index (Phi) is 7.42. The summed E-state index contributed by atoms with van der Waals surface area (Å²) >= 11 is 0. The van der Waals surface area contributed by atoms with Crippen molar-refractivity contribution in [3.05, 3.63) is 11.6 Å². The second kappa shape index (κ2) is 10.4. The van der Waals surface area contributed by atoms with Crippen LogP contribution in [0.5, 0.6) is 0 Å². The molecule has 2 N–H and O–H groups in total. The maximum Gasteiger partial charge on any atom is 0.331 e. The largest absolute Gasteiger partial charge is 0.462 e. The van der Waals surface area contributed by atoms with Gasteiger partial charge in [-0.25, -0.2) is 4.79 Å². The lowest BCUT2D eigenvalue weighted by molar-refractivity contribution is -0.306. The van der Waals surface area contributed by atoms with Crippen LogP contribution < -0.4 is 0 Å². The third kappa shape index (κ3) is 4.43. The van der Waals surface area contributed by atoms with Crippen LogP contribution >= 0.6 is 0 Å². The van der Waals surface area contributed by atoms with Crippen LogP contribution in [0.2, 0.25) is 0 Å². The van der Waals surface area contributed by atoms with Crippen LogP contribution in [-0.4, -0.2) is 46.6 Å². The number of cyclic esters (lactones) is 1. The van der Waals surface area contributed by atoms with Crippen LogP contribution in [0.15, 0.2) is 11.6 Å². The van der Waals surface area contributed by atoms with Crippen molar-refractivity contribution in [2.75, 3.05) is 6.61 Å². The molecule has 0 amide bonds. The van der Waals surface area contributed by atoms with Gasteiger partial charge in [0.2, 0.25) is 0 Å². The van der Waals surface area contributed by atoms with Crippen molar-refractivity contribution in [3.8, 4) is 11.8 Å². The summed E-state index contributed by atoms with van der Waals surface area (Å²) in [5.74, 6) is 6.82. The first-order chi connectivity index (χ1) is 19.5. The average molecular weight is 567 g/mol. The van der Waals surface area contributed by atoms with Crippen molar-refractivity contribution < 1.29 is 29.3 Å². The molecule has 2 heterocycles. The third-order valence-electron chi connectivity index (χ3n) is 13.2. The lowest BCUT2D eigenvalue weighted by Crippen LogP contribution is -2.75. The Bertz CT molecular complexity index is 1150. The molecule has 41 heavy (non-hydrogen) atoms. The fourth-order valence-corrected chi connectivity index (χ4v) is 10.7. The Hall–Kier alpha value is -1.84. The normalized spacial score (nSPS) is 44.3. The Morgan fingerprint density at radius 3 is 2.37 bits per heavy atom. The van der Waals surface area contributed by atoms with E-state index in [0.29, 0.717) is 38.0 Å². The van der Waals surface area contributed by atoms with E-state index in [-0.39, 0.29) is 29.9 Å². The van der Waals surface area contributed by atoms with Gasteiger partial charge in [-0.2, -0.15) is 0 Å². The molecule has 0 saturated heterocycles. The molecule has 0 aromatic carbocycles. The van der Waals surface area contributed by atoms with E-state index in [1.54, 1.807) is 6.08 Å². The van der Waals surface area contributed by atoms with Crippen molar-refractivity contribution >= 4 is 11.9 Å². The number of rotatable bonds is 4. The summed E-state index contributed by atoms with van der Waals surface area (Å²) in [5.41, 5.74) is -3.07. The predicted octanol–water partition coefficient (Wildman–Crippen LogP) is 6.02. The number of fused-ring (bicyclic) bond motifs is 4. The Morgan fingerprint density at radius 2 is 1.68 bits per heavy atom. The molecular formula is C35H50O6. The van der Waals surface area contributed by atoms with Gasteiger partial charge in [-0.05, 0) is 75.2 Å². The molecular weight excluding hydrogens is 516 g/mol. The van der Waals surface area contributed by atoms with E-state index in [2.05, 4.69) is 25.7 Å². The van der Waals surface area contributed by atoms with Crippen molar-refractivity contribution in [2.45, 2.75) is 141 Å². The highest BCUT2D eigenvalue weighted by atomic mass is 16.5. The number of aliphatic hydroxyl groups excluding tert-OH is 1. The zero-order valence-corrected chi connectivity index (χ0v) is 25.4. The van der Waals surface area contributed by atoms with Crippen LogP contribution in [-0.2, 0) is 19.1 Å². The van der Waals surface area contributed by atoms with Crippen molar-refractivity contribution in [1.82, 2.24) is 0 Å². The van der Waals surface area contributed by atoms with Gasteiger partial charge < -0.3 is 19.7 Å². The molecule has 7 atom stereocenters. The highest BCUT2D eigenvalue weighted by molar-refractivity contribution is 5.85. The highest BCUT2D eigenvalue weighted by Crippen LogP contribution is 2.70. The van der Waals surface area contributed by atoms with Crippen molar-refractivity contribution in [3.63, 3.8) is 0 Å². The molecule has 6 aliphatic rings. The number of carbonyl (C=O) groups excluding carboxylic acids is 2. The molecule has 0 aromatic heterocycles. The molecule has 4 aliphatic carbocycles. The molecule has 2 aliphatic heterocycles. The van der Waals surface area contributed by atoms with Gasteiger partial charge in [-0.15, -0.1) is 5.92 Å². The van der Waals surface area contributed by atoms with Gasteiger partial charge in [0.25, 0.3) is 0 Å². The molecule has 6 nitrogen and oxygen atoms in total. The number of ether oxygens (including phenoxy) is 2. The fourth-order valence-electron chi connectivity index (χ4n) is 10.7. The predicted molar refractivity (Wildman–Crippen MR) is 155 cm³/mol. The van der Waals surface area contributed by atoms with Crippen LogP contribution in [0.4, 0.5) is 0 Å². The van der Waals surface area contributed by atoms with Gasteiger partial charge in [0.1, 0.15) is 12.7 Å². The Balaban J connectivity index is 1.49. The van der Waals surface area contributed by atoms with Crippen LogP contribution in [0, 0.1) is 45.3 Å². The Labute approximate surface area is 246 Å². The molecule has 6 heteroatoms. The summed E-state index contributed by atoms with van der Waals surface area (Å²) in [5, 5.41) is 25.3. The van der Waals surface area contributed by atoms with Crippen LogP contribution in [0.3, 0.4) is 0 Å².